The number of hydrogen-bond donors (Lipinski definition) is 0. The summed E-state index contributed by atoms with van der Waals surface area (Å²) in [5.41, 5.74) is 4.91. The second-order valence-corrected chi connectivity index (χ2v) is 11.7. The third-order valence-electron chi connectivity index (χ3n) is 8.78. The first-order valence-corrected chi connectivity index (χ1v) is 13.9. The number of fused-ring (bicyclic) bond motifs is 2. The predicted molar refractivity (Wildman–Crippen MR) is 141 cm³/mol. The predicted octanol–water partition coefficient (Wildman–Crippen LogP) is 6.99. The van der Waals surface area contributed by atoms with Crippen molar-refractivity contribution in [2.75, 3.05) is 38.5 Å². The van der Waals surface area contributed by atoms with Crippen LogP contribution in [0.2, 0.25) is 0 Å². The van der Waals surface area contributed by atoms with E-state index in [1.165, 1.54) is 50.2 Å². The van der Waals surface area contributed by atoms with Gasteiger partial charge in [-0.3, -0.25) is 0 Å². The molecule has 2 aliphatic carbocycles. The van der Waals surface area contributed by atoms with Crippen LogP contribution in [-0.4, -0.2) is 53.3 Å². The quantitative estimate of drug-likeness (QED) is 0.312. The zero-order chi connectivity index (χ0) is 22.8. The number of allylic oxidation sites excluding steroid dienone is 1. The minimum absolute atomic E-state index is 0.265. The summed E-state index contributed by atoms with van der Waals surface area (Å²) < 4.78 is 0. The van der Waals surface area contributed by atoms with Gasteiger partial charge in [-0.25, -0.2) is 4.99 Å². The summed E-state index contributed by atoms with van der Waals surface area (Å²) in [5.74, 6) is 1.72. The van der Waals surface area contributed by atoms with Gasteiger partial charge in [0, 0.05) is 42.1 Å². The summed E-state index contributed by atoms with van der Waals surface area (Å²) in [4.78, 5) is 10.6. The Morgan fingerprint density at radius 3 is 2.41 bits per heavy atom. The Hall–Kier alpha value is -1.26. The molecule has 2 atom stereocenters. The molecular weight excluding hydrogens is 410 g/mol. The van der Waals surface area contributed by atoms with E-state index >= 15 is 0 Å². The molecule has 4 heteroatoms. The first kappa shape index (κ1) is 23.9. The van der Waals surface area contributed by atoms with Gasteiger partial charge >= 0.3 is 0 Å². The Morgan fingerprint density at radius 1 is 1.06 bits per heavy atom. The van der Waals surface area contributed by atoms with Crippen molar-refractivity contribution >= 4 is 22.5 Å². The summed E-state index contributed by atoms with van der Waals surface area (Å²) in [6, 6.07) is 10.6. The van der Waals surface area contributed by atoms with E-state index < -0.39 is 0 Å². The van der Waals surface area contributed by atoms with Crippen LogP contribution in [-0.2, 0) is 0 Å². The van der Waals surface area contributed by atoms with E-state index in [1.54, 1.807) is 11.3 Å². The number of rotatable bonds is 8. The molecule has 0 radical (unpaired) electrons. The van der Waals surface area contributed by atoms with Gasteiger partial charge < -0.3 is 9.80 Å². The molecular formula is C28H43N3S. The summed E-state index contributed by atoms with van der Waals surface area (Å²) >= 11 is 2.00. The molecule has 1 saturated carbocycles. The lowest BCUT2D eigenvalue weighted by Gasteiger charge is -2.43. The molecule has 32 heavy (non-hydrogen) atoms. The van der Waals surface area contributed by atoms with Crippen molar-refractivity contribution in [3.05, 3.63) is 41.6 Å². The highest BCUT2D eigenvalue weighted by Crippen LogP contribution is 2.69. The molecule has 4 rings (SSSR count). The van der Waals surface area contributed by atoms with Gasteiger partial charge in [0.25, 0.3) is 0 Å². The second kappa shape index (κ2) is 9.93. The molecule has 1 saturated heterocycles. The van der Waals surface area contributed by atoms with Gasteiger partial charge in [-0.2, -0.15) is 0 Å². The van der Waals surface area contributed by atoms with Gasteiger partial charge in [0.15, 0.2) is 0 Å². The molecule has 0 aromatic heterocycles. The van der Waals surface area contributed by atoms with E-state index in [0.717, 1.165) is 31.1 Å². The largest absolute Gasteiger partial charge is 0.374 e. The SMILES string of the molecule is CCN(CC)CCSC(=Nc1ccccc1)C1=C(N2CCCCC2)C2(C)CCC1C2(C)C. The van der Waals surface area contributed by atoms with Crippen LogP contribution in [0.15, 0.2) is 46.6 Å². The molecule has 3 aliphatic rings. The standard InChI is InChI=1S/C28H43N3S/c1-6-30(7-2)20-21-32-26(29-22-14-10-8-11-15-22)24-23-16-17-28(5,27(23,3)4)25(24)31-18-12-9-13-19-31/h8,10-11,14-15,23H,6-7,9,12-13,16-21H2,1-5H3. The van der Waals surface area contributed by atoms with E-state index in [4.69, 9.17) is 4.99 Å². The highest BCUT2D eigenvalue weighted by Gasteiger charge is 2.62. The summed E-state index contributed by atoms with van der Waals surface area (Å²) in [7, 11) is 0. The van der Waals surface area contributed by atoms with E-state index in [0.29, 0.717) is 11.3 Å². The fourth-order valence-corrected chi connectivity index (χ4v) is 7.49. The number of likely N-dealkylation sites (tertiary alicyclic amines) is 1. The third kappa shape index (κ3) is 4.30. The van der Waals surface area contributed by atoms with Crippen LogP contribution in [0.4, 0.5) is 5.69 Å². The van der Waals surface area contributed by atoms with Gasteiger partial charge in [-0.1, -0.05) is 52.8 Å². The topological polar surface area (TPSA) is 18.8 Å². The van der Waals surface area contributed by atoms with Crippen LogP contribution in [0.1, 0.15) is 66.7 Å². The molecule has 3 nitrogen and oxygen atoms in total. The van der Waals surface area contributed by atoms with Crippen molar-refractivity contribution in [2.24, 2.45) is 21.7 Å². The number of piperidine rings is 1. The molecule has 2 unspecified atom stereocenters. The molecule has 0 N–H and O–H groups in total. The fraction of sp³-hybridized carbons (Fsp3) is 0.679. The van der Waals surface area contributed by atoms with E-state index in [9.17, 15) is 0 Å². The summed E-state index contributed by atoms with van der Waals surface area (Å²) in [5, 5.41) is 1.30. The maximum Gasteiger partial charge on any atom is 0.102 e. The van der Waals surface area contributed by atoms with Gasteiger partial charge in [0.05, 0.1) is 5.69 Å². The molecule has 1 heterocycles. The molecule has 0 spiro atoms. The lowest BCUT2D eigenvalue weighted by atomic mass is 9.69. The number of aliphatic imine (C=N–C) groups is 1. The Kier molecular flexibility index (Phi) is 7.41. The van der Waals surface area contributed by atoms with E-state index in [-0.39, 0.29) is 5.41 Å². The molecule has 176 valence electrons. The molecule has 0 amide bonds. The number of para-hydroxylation sites is 1. The number of thioether (sulfide) groups is 1. The Morgan fingerprint density at radius 2 is 1.75 bits per heavy atom. The molecule has 1 aromatic carbocycles. The first-order chi connectivity index (χ1) is 15.4. The van der Waals surface area contributed by atoms with Gasteiger partial charge in [-0.15, -0.1) is 11.8 Å². The van der Waals surface area contributed by atoms with Crippen molar-refractivity contribution in [3.8, 4) is 0 Å². The van der Waals surface area contributed by atoms with Gasteiger partial charge in [0.2, 0.25) is 0 Å². The average Bonchev–Trinajstić information content (AvgIpc) is 3.14. The molecule has 1 aliphatic heterocycles. The Labute approximate surface area is 200 Å². The van der Waals surface area contributed by atoms with Crippen molar-refractivity contribution in [1.82, 2.24) is 9.80 Å². The van der Waals surface area contributed by atoms with Crippen LogP contribution in [0.3, 0.4) is 0 Å². The first-order valence-electron chi connectivity index (χ1n) is 12.9. The number of nitrogens with zero attached hydrogens (tertiary/aromatic N) is 3. The Bertz CT molecular complexity index is 833. The zero-order valence-electron chi connectivity index (χ0n) is 21.0. The molecule has 1 aromatic rings. The monoisotopic (exact) mass is 453 g/mol. The zero-order valence-corrected chi connectivity index (χ0v) is 21.8. The number of hydrogen-bond acceptors (Lipinski definition) is 4. The van der Waals surface area contributed by atoms with Crippen LogP contribution < -0.4 is 0 Å². The maximum atomic E-state index is 5.33. The lowest BCUT2D eigenvalue weighted by molar-refractivity contribution is 0.124. The van der Waals surface area contributed by atoms with Gasteiger partial charge in [0.1, 0.15) is 5.04 Å². The molecule has 2 fully saturated rings. The third-order valence-corrected chi connectivity index (χ3v) is 9.75. The summed E-state index contributed by atoms with van der Waals surface area (Å²) in [6.07, 6.45) is 6.67. The van der Waals surface area contributed by atoms with Crippen molar-refractivity contribution < 1.29 is 0 Å². The van der Waals surface area contributed by atoms with Crippen LogP contribution in [0, 0.1) is 16.7 Å². The maximum absolute atomic E-state index is 5.33. The summed E-state index contributed by atoms with van der Waals surface area (Å²) in [6.45, 7) is 18.0. The normalized spacial score (nSPS) is 27.6. The minimum atomic E-state index is 0.265. The van der Waals surface area contributed by atoms with Crippen molar-refractivity contribution in [2.45, 2.75) is 66.7 Å². The van der Waals surface area contributed by atoms with Crippen LogP contribution in [0.5, 0.6) is 0 Å². The molecule has 2 bridgehead atoms. The van der Waals surface area contributed by atoms with Crippen LogP contribution >= 0.6 is 11.8 Å². The van der Waals surface area contributed by atoms with Gasteiger partial charge in [-0.05, 0) is 68.7 Å². The average molecular weight is 454 g/mol. The lowest BCUT2D eigenvalue weighted by Crippen LogP contribution is -2.40. The fourth-order valence-electron chi connectivity index (χ4n) is 6.38. The highest BCUT2D eigenvalue weighted by molar-refractivity contribution is 8.14. The van der Waals surface area contributed by atoms with E-state index in [1.807, 2.05) is 11.8 Å². The smallest absolute Gasteiger partial charge is 0.102 e. The second-order valence-electron chi connectivity index (χ2n) is 10.6. The highest BCUT2D eigenvalue weighted by atomic mass is 32.2. The van der Waals surface area contributed by atoms with Crippen molar-refractivity contribution in [1.29, 1.82) is 0 Å². The Balaban J connectivity index is 1.75. The number of benzene rings is 1. The van der Waals surface area contributed by atoms with Crippen LogP contribution in [0.25, 0.3) is 0 Å². The van der Waals surface area contributed by atoms with E-state index in [2.05, 4.69) is 74.8 Å². The van der Waals surface area contributed by atoms with Crippen molar-refractivity contribution in [3.63, 3.8) is 0 Å². The minimum Gasteiger partial charge on any atom is -0.374 e.